The van der Waals surface area contributed by atoms with Crippen molar-refractivity contribution in [1.29, 1.82) is 0 Å². The molecule has 0 bridgehead atoms. The Kier molecular flexibility index (Phi) is 8.31. The molecule has 0 saturated carbocycles. The zero-order valence-electron chi connectivity index (χ0n) is 12.0. The number of hydrogen-bond donors (Lipinski definition) is 1. The number of carboxylic acids is 1. The van der Waals surface area contributed by atoms with Crippen molar-refractivity contribution in [2.75, 3.05) is 19.6 Å². The van der Waals surface area contributed by atoms with Crippen molar-refractivity contribution < 1.29 is 9.90 Å². The largest absolute Gasteiger partial charge is 0.481 e. The highest BCUT2D eigenvalue weighted by molar-refractivity contribution is 6.26. The summed E-state index contributed by atoms with van der Waals surface area (Å²) in [5.74, 6) is -0.634. The van der Waals surface area contributed by atoms with Gasteiger partial charge in [0.05, 0.1) is 0 Å². The molecule has 0 amide bonds. The van der Waals surface area contributed by atoms with Gasteiger partial charge in [-0.25, -0.2) is 0 Å². The molecule has 0 saturated heterocycles. The number of nitrogens with zero attached hydrogens (tertiary/aromatic N) is 1. The molecular formula is C13H28BNO2. The Hall–Kier alpha value is -0.505. The van der Waals surface area contributed by atoms with Gasteiger partial charge in [-0.3, -0.25) is 4.79 Å². The first kappa shape index (κ1) is 16.5. The lowest BCUT2D eigenvalue weighted by molar-refractivity contribution is -0.141. The van der Waals surface area contributed by atoms with Crippen molar-refractivity contribution in [3.05, 3.63) is 0 Å². The van der Waals surface area contributed by atoms with Gasteiger partial charge in [0.1, 0.15) is 7.85 Å². The van der Waals surface area contributed by atoms with Crippen LogP contribution in [-0.2, 0) is 4.79 Å². The van der Waals surface area contributed by atoms with E-state index < -0.39 is 11.3 Å². The highest BCUT2D eigenvalue weighted by Gasteiger charge is 2.31. The zero-order chi connectivity index (χ0) is 13.3. The van der Waals surface area contributed by atoms with Crippen molar-refractivity contribution in [3.63, 3.8) is 0 Å². The van der Waals surface area contributed by atoms with Crippen LogP contribution < -0.4 is 0 Å². The third kappa shape index (κ3) is 6.11. The molecule has 0 aliphatic carbocycles. The highest BCUT2D eigenvalue weighted by atomic mass is 16.4. The van der Waals surface area contributed by atoms with Crippen LogP contribution in [0.4, 0.5) is 0 Å². The minimum absolute atomic E-state index is 0.525. The molecule has 0 aliphatic rings. The molecule has 0 spiro atoms. The Bertz CT molecular complexity index is 219. The molecule has 0 aliphatic heterocycles. The third-order valence-corrected chi connectivity index (χ3v) is 3.70. The van der Waals surface area contributed by atoms with E-state index in [1.807, 2.05) is 7.85 Å². The van der Waals surface area contributed by atoms with Crippen molar-refractivity contribution in [3.8, 4) is 0 Å². The third-order valence-electron chi connectivity index (χ3n) is 3.70. The number of unbranched alkanes of at least 4 members (excludes halogenated alkanes) is 1. The number of rotatable bonds is 10. The van der Waals surface area contributed by atoms with E-state index in [0.29, 0.717) is 0 Å². The van der Waals surface area contributed by atoms with Crippen LogP contribution in [-0.4, -0.2) is 43.5 Å². The second kappa shape index (κ2) is 8.57. The first-order valence-electron chi connectivity index (χ1n) is 6.95. The average molecular weight is 241 g/mol. The lowest BCUT2D eigenvalue weighted by Crippen LogP contribution is -2.28. The van der Waals surface area contributed by atoms with Crippen LogP contribution in [0.2, 0.25) is 5.31 Å². The van der Waals surface area contributed by atoms with Crippen LogP contribution in [0, 0.1) is 0 Å². The molecule has 17 heavy (non-hydrogen) atoms. The van der Waals surface area contributed by atoms with E-state index in [1.165, 1.54) is 0 Å². The SMILES string of the molecule is BC(CCCC)(CCCN(CC)CC)C(=O)O. The predicted molar refractivity (Wildman–Crippen MR) is 75.4 cm³/mol. The van der Waals surface area contributed by atoms with E-state index in [2.05, 4.69) is 25.7 Å². The van der Waals surface area contributed by atoms with Gasteiger partial charge in [0.25, 0.3) is 0 Å². The predicted octanol–water partition coefficient (Wildman–Crippen LogP) is 2.17. The standard InChI is InChI=1S/C13H28BNO2/c1-4-7-9-13(14,12(16)17)10-8-11-15(5-2)6-3/h4-11,14H2,1-3H3,(H,16,17). The van der Waals surface area contributed by atoms with E-state index >= 15 is 0 Å². The van der Waals surface area contributed by atoms with Crippen LogP contribution in [0.3, 0.4) is 0 Å². The fourth-order valence-electron chi connectivity index (χ4n) is 2.14. The quantitative estimate of drug-likeness (QED) is 0.596. The minimum atomic E-state index is -0.634. The summed E-state index contributed by atoms with van der Waals surface area (Å²) in [5.41, 5.74) is 0. The maximum absolute atomic E-state index is 11.3. The summed E-state index contributed by atoms with van der Waals surface area (Å²) < 4.78 is 0. The fraction of sp³-hybridized carbons (Fsp3) is 0.923. The Morgan fingerprint density at radius 1 is 1.18 bits per heavy atom. The van der Waals surface area contributed by atoms with E-state index in [0.717, 1.165) is 51.7 Å². The Balaban J connectivity index is 4.12. The van der Waals surface area contributed by atoms with Gasteiger partial charge in [0.2, 0.25) is 0 Å². The van der Waals surface area contributed by atoms with Crippen molar-refractivity contribution >= 4 is 13.8 Å². The van der Waals surface area contributed by atoms with Gasteiger partial charge in [0.15, 0.2) is 0 Å². The molecule has 1 N–H and O–H groups in total. The summed E-state index contributed by atoms with van der Waals surface area (Å²) in [6.07, 6.45) is 4.65. The molecule has 0 aromatic carbocycles. The Morgan fingerprint density at radius 2 is 1.71 bits per heavy atom. The van der Waals surface area contributed by atoms with Gasteiger partial charge >= 0.3 is 5.97 Å². The van der Waals surface area contributed by atoms with E-state index in [-0.39, 0.29) is 0 Å². The molecule has 100 valence electrons. The van der Waals surface area contributed by atoms with Gasteiger partial charge in [-0.05, 0) is 38.9 Å². The maximum Gasteiger partial charge on any atom is 0.301 e. The van der Waals surface area contributed by atoms with E-state index in [4.69, 9.17) is 0 Å². The summed E-state index contributed by atoms with van der Waals surface area (Å²) in [7, 11) is 1.90. The summed E-state index contributed by atoms with van der Waals surface area (Å²) in [6.45, 7) is 9.53. The first-order valence-corrected chi connectivity index (χ1v) is 6.95. The molecule has 0 radical (unpaired) electrons. The summed E-state index contributed by atoms with van der Waals surface area (Å²) >= 11 is 0. The van der Waals surface area contributed by atoms with Crippen molar-refractivity contribution in [2.45, 2.75) is 58.2 Å². The van der Waals surface area contributed by atoms with Crippen LogP contribution in [0.15, 0.2) is 0 Å². The Morgan fingerprint density at radius 3 is 2.12 bits per heavy atom. The molecule has 3 nitrogen and oxygen atoms in total. The minimum Gasteiger partial charge on any atom is -0.481 e. The molecule has 1 unspecified atom stereocenters. The molecular weight excluding hydrogens is 213 g/mol. The van der Waals surface area contributed by atoms with Crippen LogP contribution >= 0.6 is 0 Å². The zero-order valence-corrected chi connectivity index (χ0v) is 12.0. The molecule has 0 heterocycles. The van der Waals surface area contributed by atoms with Gasteiger partial charge in [0, 0.05) is 5.31 Å². The Labute approximate surface area is 107 Å². The molecule has 0 aromatic heterocycles. The first-order chi connectivity index (χ1) is 8.00. The maximum atomic E-state index is 11.3. The molecule has 1 atom stereocenters. The topological polar surface area (TPSA) is 40.5 Å². The van der Waals surface area contributed by atoms with Crippen LogP contribution in [0.25, 0.3) is 0 Å². The smallest absolute Gasteiger partial charge is 0.301 e. The fourth-order valence-corrected chi connectivity index (χ4v) is 2.14. The normalized spacial score (nSPS) is 14.8. The van der Waals surface area contributed by atoms with Gasteiger partial charge in [-0.15, -0.1) is 0 Å². The molecule has 0 aromatic rings. The molecule has 4 heteroatoms. The lowest BCUT2D eigenvalue weighted by Gasteiger charge is -2.26. The average Bonchev–Trinajstić information content (AvgIpc) is 2.32. The van der Waals surface area contributed by atoms with Gasteiger partial charge in [-0.1, -0.05) is 33.6 Å². The van der Waals surface area contributed by atoms with E-state index in [9.17, 15) is 9.90 Å². The highest BCUT2D eigenvalue weighted by Crippen LogP contribution is 2.34. The summed E-state index contributed by atoms with van der Waals surface area (Å²) in [4.78, 5) is 13.7. The van der Waals surface area contributed by atoms with Gasteiger partial charge in [-0.2, -0.15) is 0 Å². The van der Waals surface area contributed by atoms with Gasteiger partial charge < -0.3 is 10.0 Å². The van der Waals surface area contributed by atoms with Crippen LogP contribution in [0.5, 0.6) is 0 Å². The monoisotopic (exact) mass is 241 g/mol. The number of aliphatic carboxylic acids is 1. The summed E-state index contributed by atoms with van der Waals surface area (Å²) in [6, 6.07) is 0. The number of carboxylic acid groups (broad SMARTS) is 1. The number of hydrogen-bond acceptors (Lipinski definition) is 2. The summed E-state index contributed by atoms with van der Waals surface area (Å²) in [5, 5.41) is 8.80. The van der Waals surface area contributed by atoms with E-state index in [1.54, 1.807) is 0 Å². The van der Waals surface area contributed by atoms with Crippen LogP contribution in [0.1, 0.15) is 52.9 Å². The lowest BCUT2D eigenvalue weighted by atomic mass is 9.63. The molecule has 0 rings (SSSR count). The second-order valence-corrected chi connectivity index (χ2v) is 5.10. The molecule has 0 fully saturated rings. The van der Waals surface area contributed by atoms with Crippen molar-refractivity contribution in [2.24, 2.45) is 0 Å². The number of carbonyl (C=O) groups is 1. The second-order valence-electron chi connectivity index (χ2n) is 5.10. The van der Waals surface area contributed by atoms with Crippen molar-refractivity contribution in [1.82, 2.24) is 4.90 Å².